The summed E-state index contributed by atoms with van der Waals surface area (Å²) in [5.41, 5.74) is 18.7. The average molecular weight is 819 g/mol. The molecule has 0 unspecified atom stereocenters. The maximum Gasteiger partial charge on any atom is 0.0562 e. The average Bonchev–Trinajstić information content (AvgIpc) is 4.08. The van der Waals surface area contributed by atoms with Gasteiger partial charge in [0.05, 0.1) is 38.6 Å². The first-order valence-electron chi connectivity index (χ1n) is 22.6. The Morgan fingerprint density at radius 2 is 0.875 bits per heavy atom. The van der Waals surface area contributed by atoms with Crippen LogP contribution in [0, 0.1) is 0 Å². The predicted molar refractivity (Wildman–Crippen MR) is 270 cm³/mol. The maximum absolute atomic E-state index is 2.49. The Kier molecular flexibility index (Phi) is 7.61. The molecular formula is C60H42N4. The molecule has 0 saturated heterocycles. The summed E-state index contributed by atoms with van der Waals surface area (Å²) in [5.74, 6) is 0. The van der Waals surface area contributed by atoms with Crippen LogP contribution in [0.3, 0.4) is 0 Å². The molecule has 4 aromatic heterocycles. The van der Waals surface area contributed by atoms with Crippen molar-refractivity contribution in [3.8, 4) is 28.2 Å². The second kappa shape index (κ2) is 13.7. The molecule has 0 N–H and O–H groups in total. The molecule has 4 nitrogen and oxygen atoms in total. The molecular weight excluding hydrogens is 777 g/mol. The van der Waals surface area contributed by atoms with Gasteiger partial charge in [0, 0.05) is 66.2 Å². The van der Waals surface area contributed by atoms with E-state index in [1.165, 1.54) is 110 Å². The van der Waals surface area contributed by atoms with Gasteiger partial charge in [-0.3, -0.25) is 0 Å². The standard InChI is InChI=1S/C60H42N4/c1-3-15-41(16-4-1)61-53-25-13-9-21-47(53)59-55(61)35-36-56-60(59)48-22-10-14-26-54(48)62(56)43-31-27-39(28-32-43)40-29-33-44(34-30-40)64-52-24-12-8-20-46(52)50-37-49-45-19-7-11-23-51(45)63(57(49)38-58(50)64)42-17-5-2-6-18-42/h1-3,5-6,8-15,17-18,20-38H,4,7,16,19H2. The highest BCUT2D eigenvalue weighted by Crippen LogP contribution is 2.44. The van der Waals surface area contributed by atoms with Gasteiger partial charge in [0.2, 0.25) is 0 Å². The van der Waals surface area contributed by atoms with Gasteiger partial charge in [0.1, 0.15) is 0 Å². The minimum atomic E-state index is 1.03. The first-order valence-corrected chi connectivity index (χ1v) is 22.6. The Bertz CT molecular complexity index is 3970. The van der Waals surface area contributed by atoms with E-state index in [2.05, 4.69) is 225 Å². The van der Waals surface area contributed by atoms with Crippen LogP contribution in [0.25, 0.3) is 116 Å². The van der Waals surface area contributed by atoms with Crippen LogP contribution in [0.2, 0.25) is 0 Å². The normalized spacial score (nSPS) is 14.0. The molecule has 8 aromatic carbocycles. The van der Waals surface area contributed by atoms with Gasteiger partial charge >= 0.3 is 0 Å². The fourth-order valence-corrected chi connectivity index (χ4v) is 11.3. The predicted octanol–water partition coefficient (Wildman–Crippen LogP) is 15.7. The highest BCUT2D eigenvalue weighted by Gasteiger charge is 2.23. The van der Waals surface area contributed by atoms with E-state index in [0.717, 1.165) is 37.1 Å². The number of para-hydroxylation sites is 4. The molecule has 0 spiro atoms. The molecule has 4 heterocycles. The number of fused-ring (bicyclic) bond motifs is 13. The summed E-state index contributed by atoms with van der Waals surface area (Å²) in [6.45, 7) is 0. The Balaban J connectivity index is 0.880. The fourth-order valence-electron chi connectivity index (χ4n) is 11.3. The van der Waals surface area contributed by atoms with E-state index in [1.807, 2.05) is 0 Å². The minimum absolute atomic E-state index is 1.03. The van der Waals surface area contributed by atoms with E-state index >= 15 is 0 Å². The molecule has 0 bridgehead atoms. The third kappa shape index (κ3) is 5.05. The molecule has 0 amide bonds. The third-order valence-electron chi connectivity index (χ3n) is 14.1. The lowest BCUT2D eigenvalue weighted by atomic mass is 10.00. The highest BCUT2D eigenvalue weighted by atomic mass is 15.0. The van der Waals surface area contributed by atoms with E-state index in [0.29, 0.717) is 0 Å². The van der Waals surface area contributed by atoms with Crippen molar-refractivity contribution in [1.82, 2.24) is 18.3 Å². The zero-order valence-electron chi connectivity index (χ0n) is 35.2. The topological polar surface area (TPSA) is 19.7 Å². The number of rotatable bonds is 5. The van der Waals surface area contributed by atoms with Crippen LogP contribution >= 0.6 is 0 Å². The number of aromatic nitrogens is 4. The first kappa shape index (κ1) is 35.5. The van der Waals surface area contributed by atoms with Crippen molar-refractivity contribution in [3.63, 3.8) is 0 Å². The SMILES string of the molecule is C1=CCCC(n2c3ccccc3c3c4c5ccccc5n(-c5ccc(-c6ccc(-n7c8ccccc8c8cc9c%10c(n(-c%11ccccc%11)c9cc87)C=CCC%10)cc6)cc5)c4ccc32)=C1. The maximum atomic E-state index is 2.49. The van der Waals surface area contributed by atoms with E-state index in [4.69, 9.17) is 0 Å². The minimum Gasteiger partial charge on any atom is -0.313 e. The molecule has 0 radical (unpaired) electrons. The Morgan fingerprint density at radius 3 is 1.53 bits per heavy atom. The van der Waals surface area contributed by atoms with Crippen molar-refractivity contribution >= 4 is 88.1 Å². The number of hydrogen-bond donors (Lipinski definition) is 0. The lowest BCUT2D eigenvalue weighted by molar-refractivity contribution is 0.967. The van der Waals surface area contributed by atoms with E-state index in [9.17, 15) is 0 Å². The monoisotopic (exact) mass is 818 g/mol. The zero-order chi connectivity index (χ0) is 41.9. The largest absolute Gasteiger partial charge is 0.313 e. The van der Waals surface area contributed by atoms with Gasteiger partial charge in [0.15, 0.2) is 0 Å². The molecule has 2 aliphatic rings. The van der Waals surface area contributed by atoms with E-state index in [1.54, 1.807) is 0 Å². The van der Waals surface area contributed by atoms with Gasteiger partial charge in [-0.1, -0.05) is 115 Å². The van der Waals surface area contributed by atoms with Crippen LogP contribution in [-0.2, 0) is 6.42 Å². The third-order valence-corrected chi connectivity index (χ3v) is 14.1. The second-order valence-electron chi connectivity index (χ2n) is 17.5. The molecule has 14 rings (SSSR count). The molecule has 0 saturated carbocycles. The zero-order valence-corrected chi connectivity index (χ0v) is 35.2. The first-order chi connectivity index (χ1) is 31.8. The van der Waals surface area contributed by atoms with Gasteiger partial charge < -0.3 is 18.3 Å². The number of nitrogens with zero attached hydrogens (tertiary/aromatic N) is 4. The van der Waals surface area contributed by atoms with Crippen LogP contribution in [0.5, 0.6) is 0 Å². The lowest BCUT2D eigenvalue weighted by Gasteiger charge is -2.14. The highest BCUT2D eigenvalue weighted by molar-refractivity contribution is 6.29. The molecule has 302 valence electrons. The summed E-state index contributed by atoms with van der Waals surface area (Å²) in [6.07, 6.45) is 15.6. The summed E-state index contributed by atoms with van der Waals surface area (Å²) in [7, 11) is 0. The number of allylic oxidation sites excluding steroid dienone is 5. The Labute approximate surface area is 370 Å². The van der Waals surface area contributed by atoms with Crippen molar-refractivity contribution in [3.05, 3.63) is 211 Å². The van der Waals surface area contributed by atoms with Crippen molar-refractivity contribution in [2.75, 3.05) is 0 Å². The fraction of sp³-hybridized carbons (Fsp3) is 0.0667. The smallest absolute Gasteiger partial charge is 0.0562 e. The second-order valence-corrected chi connectivity index (χ2v) is 17.5. The van der Waals surface area contributed by atoms with Gasteiger partial charge in [-0.25, -0.2) is 0 Å². The number of aryl methyl sites for hydroxylation is 1. The van der Waals surface area contributed by atoms with Crippen LogP contribution in [0.15, 0.2) is 200 Å². The Morgan fingerprint density at radius 1 is 0.344 bits per heavy atom. The van der Waals surface area contributed by atoms with Crippen LogP contribution in [-0.4, -0.2) is 18.3 Å². The van der Waals surface area contributed by atoms with Crippen molar-refractivity contribution in [1.29, 1.82) is 0 Å². The molecule has 0 aliphatic heterocycles. The van der Waals surface area contributed by atoms with E-state index in [-0.39, 0.29) is 0 Å². The van der Waals surface area contributed by atoms with Gasteiger partial charge in [-0.15, -0.1) is 0 Å². The molecule has 4 heteroatoms. The van der Waals surface area contributed by atoms with Gasteiger partial charge in [-0.05, 0) is 133 Å². The molecule has 0 fully saturated rings. The summed E-state index contributed by atoms with van der Waals surface area (Å²) in [6, 6.07) is 65.4. The number of benzene rings is 8. The van der Waals surface area contributed by atoms with Crippen molar-refractivity contribution in [2.45, 2.75) is 25.7 Å². The van der Waals surface area contributed by atoms with Crippen molar-refractivity contribution < 1.29 is 0 Å². The summed E-state index contributed by atoms with van der Waals surface area (Å²) in [4.78, 5) is 0. The van der Waals surface area contributed by atoms with Crippen LogP contribution in [0.4, 0.5) is 0 Å². The molecule has 0 atom stereocenters. The van der Waals surface area contributed by atoms with Gasteiger partial charge in [-0.2, -0.15) is 0 Å². The van der Waals surface area contributed by atoms with Crippen molar-refractivity contribution in [2.24, 2.45) is 0 Å². The summed E-state index contributed by atoms with van der Waals surface area (Å²) in [5, 5.41) is 9.13. The molecule has 12 aromatic rings. The lowest BCUT2D eigenvalue weighted by Crippen LogP contribution is -2.00. The summed E-state index contributed by atoms with van der Waals surface area (Å²) < 4.78 is 9.86. The molecule has 64 heavy (non-hydrogen) atoms. The Hall–Kier alpha value is -8.08. The van der Waals surface area contributed by atoms with Crippen LogP contribution in [0.1, 0.15) is 30.5 Å². The van der Waals surface area contributed by atoms with E-state index < -0.39 is 0 Å². The van der Waals surface area contributed by atoms with Crippen LogP contribution < -0.4 is 0 Å². The summed E-state index contributed by atoms with van der Waals surface area (Å²) >= 11 is 0. The molecule has 2 aliphatic carbocycles. The number of hydrogen-bond acceptors (Lipinski definition) is 0. The van der Waals surface area contributed by atoms with Gasteiger partial charge in [0.25, 0.3) is 0 Å². The quantitative estimate of drug-likeness (QED) is 0.165.